The summed E-state index contributed by atoms with van der Waals surface area (Å²) in [5.74, 6) is -4.01. The fourth-order valence-electron chi connectivity index (χ4n) is 7.80. The molecule has 0 aliphatic carbocycles. The van der Waals surface area contributed by atoms with Gasteiger partial charge >= 0.3 is 0 Å². The van der Waals surface area contributed by atoms with E-state index in [0.29, 0.717) is 30.6 Å². The summed E-state index contributed by atoms with van der Waals surface area (Å²) in [4.78, 5) is 96.1. The Balaban J connectivity index is 1.23. The lowest BCUT2D eigenvalue weighted by Crippen LogP contribution is -2.59. The highest BCUT2D eigenvalue weighted by atomic mass is 16.2. The van der Waals surface area contributed by atoms with Crippen molar-refractivity contribution in [3.05, 3.63) is 126 Å². The molecule has 6 atom stereocenters. The number of H-pyrrole nitrogens is 3. The number of primary amides is 1. The van der Waals surface area contributed by atoms with Crippen LogP contribution in [0.3, 0.4) is 0 Å². The number of amides is 6. The molecule has 3 aromatic carbocycles. The van der Waals surface area contributed by atoms with E-state index in [1.165, 1.54) is 13.3 Å². The van der Waals surface area contributed by atoms with Crippen molar-refractivity contribution in [2.75, 3.05) is 6.54 Å². The second-order valence-electron chi connectivity index (χ2n) is 16.3. The molecular weight excluding hydrogens is 829 g/mol. The molecule has 65 heavy (non-hydrogen) atoms. The fourth-order valence-corrected chi connectivity index (χ4v) is 7.80. The fraction of sp³-hybridized carbons (Fsp3) is 0.340. The zero-order chi connectivity index (χ0) is 46.5. The van der Waals surface area contributed by atoms with Crippen LogP contribution in [0.5, 0.6) is 0 Å². The van der Waals surface area contributed by atoms with Crippen LogP contribution >= 0.6 is 0 Å². The number of para-hydroxylation sites is 2. The van der Waals surface area contributed by atoms with Crippen molar-refractivity contribution < 1.29 is 28.8 Å². The van der Waals surface area contributed by atoms with E-state index in [9.17, 15) is 28.8 Å². The van der Waals surface area contributed by atoms with E-state index in [1.807, 2.05) is 61.5 Å². The number of aromatic nitrogens is 4. The van der Waals surface area contributed by atoms with Crippen molar-refractivity contribution in [3.63, 3.8) is 0 Å². The lowest BCUT2D eigenvalue weighted by Gasteiger charge is -2.26. The first-order valence-corrected chi connectivity index (χ1v) is 21.7. The third kappa shape index (κ3) is 12.7. The largest absolute Gasteiger partial charge is 0.368 e. The third-order valence-corrected chi connectivity index (χ3v) is 11.4. The predicted molar refractivity (Wildman–Crippen MR) is 247 cm³/mol. The summed E-state index contributed by atoms with van der Waals surface area (Å²) in [6.45, 7) is 3.74. The first kappa shape index (κ1) is 47.2. The van der Waals surface area contributed by atoms with Crippen LogP contribution in [0.15, 0.2) is 97.6 Å². The molecule has 6 amide bonds. The number of nitrogens with zero attached hydrogens (tertiary/aromatic N) is 1. The van der Waals surface area contributed by atoms with Crippen LogP contribution < -0.4 is 43.8 Å². The number of hydrogen-bond acceptors (Lipinski definition) is 9. The first-order chi connectivity index (χ1) is 31.3. The molecule has 6 aromatic rings. The smallest absolute Gasteiger partial charge is 0.243 e. The van der Waals surface area contributed by atoms with Crippen molar-refractivity contribution in [1.29, 1.82) is 0 Å². The van der Waals surface area contributed by atoms with Gasteiger partial charge < -0.3 is 58.7 Å². The van der Waals surface area contributed by atoms with Crippen LogP contribution in [0.2, 0.25) is 0 Å². The van der Waals surface area contributed by atoms with Gasteiger partial charge in [-0.05, 0) is 68.5 Å². The van der Waals surface area contributed by atoms with E-state index in [-0.39, 0.29) is 32.1 Å². The molecule has 0 aliphatic heterocycles. The highest BCUT2D eigenvalue weighted by Crippen LogP contribution is 2.24. The summed E-state index contributed by atoms with van der Waals surface area (Å²) in [5, 5.41) is 15.6. The first-order valence-electron chi connectivity index (χ1n) is 21.7. The van der Waals surface area contributed by atoms with Crippen molar-refractivity contribution in [2.45, 2.75) is 95.0 Å². The number of aryl methyl sites for hydroxylation is 1. The van der Waals surface area contributed by atoms with Gasteiger partial charge in [-0.3, -0.25) is 28.8 Å². The second kappa shape index (κ2) is 22.4. The molecule has 3 heterocycles. The summed E-state index contributed by atoms with van der Waals surface area (Å²) < 4.78 is 0. The summed E-state index contributed by atoms with van der Waals surface area (Å²) in [7, 11) is 0. The highest BCUT2D eigenvalue weighted by molar-refractivity contribution is 5.97. The van der Waals surface area contributed by atoms with Gasteiger partial charge in [-0.25, -0.2) is 4.98 Å². The van der Waals surface area contributed by atoms with E-state index >= 15 is 0 Å². The van der Waals surface area contributed by atoms with Crippen LogP contribution in [0.1, 0.15) is 54.3 Å². The zero-order valence-corrected chi connectivity index (χ0v) is 36.5. The number of aromatic amines is 3. The van der Waals surface area contributed by atoms with Gasteiger partial charge in [0.1, 0.15) is 30.2 Å². The van der Waals surface area contributed by atoms with Crippen LogP contribution in [-0.4, -0.2) is 98.2 Å². The summed E-state index contributed by atoms with van der Waals surface area (Å²) in [6, 6.07) is 17.3. The van der Waals surface area contributed by atoms with Crippen LogP contribution in [-0.2, 0) is 54.5 Å². The van der Waals surface area contributed by atoms with Gasteiger partial charge in [-0.2, -0.15) is 0 Å². The molecule has 0 saturated heterocycles. The molecule has 0 fully saturated rings. The third-order valence-electron chi connectivity index (χ3n) is 11.4. The Kier molecular flexibility index (Phi) is 16.2. The molecule has 0 bridgehead atoms. The number of rotatable bonds is 23. The van der Waals surface area contributed by atoms with Crippen molar-refractivity contribution in [2.24, 2.45) is 17.2 Å². The number of nitrogens with one attached hydrogen (secondary N) is 8. The van der Waals surface area contributed by atoms with E-state index in [4.69, 9.17) is 17.2 Å². The highest BCUT2D eigenvalue weighted by Gasteiger charge is 2.33. The molecule has 3 aromatic heterocycles. The lowest BCUT2D eigenvalue weighted by molar-refractivity contribution is -0.134. The SMILES string of the molecule is Cc1[nH]c2ccccc2c1C[C@@H](NC(=O)C(N)Cc1cnc[nH]1)C(=O)NC(C)C(=O)NC(Cc1c[nH]c2ccccc12)C(=O)N[C@H](Cc1ccccc1)C(=O)N[C@@H](CCCCN)C(N)=O. The predicted octanol–water partition coefficient (Wildman–Crippen LogP) is 1.34. The topological polar surface area (TPSA) is 301 Å². The van der Waals surface area contributed by atoms with Gasteiger partial charge in [0.15, 0.2) is 0 Å². The molecule has 342 valence electrons. The number of imidazole rings is 1. The lowest BCUT2D eigenvalue weighted by atomic mass is 10.0. The minimum Gasteiger partial charge on any atom is -0.368 e. The summed E-state index contributed by atoms with van der Waals surface area (Å²) >= 11 is 0. The molecule has 0 aliphatic rings. The van der Waals surface area contributed by atoms with Gasteiger partial charge in [0, 0.05) is 71.3 Å². The molecule has 0 saturated carbocycles. The Bertz CT molecular complexity index is 2570. The maximum atomic E-state index is 14.5. The second-order valence-corrected chi connectivity index (χ2v) is 16.3. The van der Waals surface area contributed by atoms with Crippen LogP contribution in [0.4, 0.5) is 0 Å². The summed E-state index contributed by atoms with van der Waals surface area (Å²) in [6.07, 6.45) is 6.47. The van der Waals surface area contributed by atoms with Crippen molar-refractivity contribution >= 4 is 57.2 Å². The number of hydrogen-bond donors (Lipinski definition) is 11. The normalized spacial score (nSPS) is 14.1. The Hall–Kier alpha value is -7.31. The van der Waals surface area contributed by atoms with Crippen molar-refractivity contribution in [3.8, 4) is 0 Å². The van der Waals surface area contributed by atoms with E-state index in [1.54, 1.807) is 36.7 Å². The van der Waals surface area contributed by atoms with Gasteiger partial charge in [-0.1, -0.05) is 66.7 Å². The number of fused-ring (bicyclic) bond motifs is 2. The van der Waals surface area contributed by atoms with E-state index in [2.05, 4.69) is 46.5 Å². The molecule has 0 radical (unpaired) electrons. The Labute approximate surface area is 376 Å². The number of nitrogens with two attached hydrogens (primary N) is 3. The number of carbonyl (C=O) groups is 6. The average molecular weight is 887 g/mol. The maximum Gasteiger partial charge on any atom is 0.243 e. The number of carbonyl (C=O) groups excluding carboxylic acids is 6. The zero-order valence-electron chi connectivity index (χ0n) is 36.5. The van der Waals surface area contributed by atoms with Crippen LogP contribution in [0.25, 0.3) is 21.8 Å². The molecule has 0 spiro atoms. The Morgan fingerprint density at radius 2 is 1.25 bits per heavy atom. The minimum atomic E-state index is -1.26. The van der Waals surface area contributed by atoms with Gasteiger partial charge in [0.2, 0.25) is 35.4 Å². The number of unbranched alkanes of at least 4 members (excludes halogenated alkanes) is 1. The standard InChI is InChI=1S/C47H58N12O6/c1-27-34(33-15-7-9-17-37(33)54-27)23-41(58-44(62)35(49)22-31-25-51-26-53-31)45(63)55-28(2)43(61)57-40(21-30-24-52-36-16-8-6-14-32(30)36)47(65)59-39(20-29-12-4-3-5-13-29)46(64)56-38(42(50)60)18-10-11-19-48/h3-9,12-17,24-26,28,35,38-41,52,54H,10-11,18-23,48-49H2,1-2H3,(H2,50,60)(H,51,53)(H,55,63)(H,56,64)(H,57,61)(H,58,62)(H,59,65)/t28?,35?,38-,39+,40?,41+/m0/s1. The minimum absolute atomic E-state index is 0.00231. The van der Waals surface area contributed by atoms with E-state index in [0.717, 1.165) is 38.6 Å². The van der Waals surface area contributed by atoms with Gasteiger partial charge in [-0.15, -0.1) is 0 Å². The average Bonchev–Trinajstić information content (AvgIpc) is 4.04. The quantitative estimate of drug-likeness (QED) is 0.0413. The van der Waals surface area contributed by atoms with Gasteiger partial charge in [0.25, 0.3) is 0 Å². The van der Waals surface area contributed by atoms with Gasteiger partial charge in [0.05, 0.1) is 12.4 Å². The van der Waals surface area contributed by atoms with Crippen molar-refractivity contribution in [1.82, 2.24) is 46.5 Å². The maximum absolute atomic E-state index is 14.5. The molecule has 18 heteroatoms. The molecule has 3 unspecified atom stereocenters. The molecular formula is C47H58N12O6. The Morgan fingerprint density at radius 3 is 1.94 bits per heavy atom. The number of benzene rings is 3. The van der Waals surface area contributed by atoms with Crippen LogP contribution in [0, 0.1) is 6.92 Å². The Morgan fingerprint density at radius 1 is 0.646 bits per heavy atom. The van der Waals surface area contributed by atoms with E-state index < -0.39 is 71.7 Å². The molecule has 18 nitrogen and oxygen atoms in total. The molecule has 14 N–H and O–H groups in total. The summed E-state index contributed by atoms with van der Waals surface area (Å²) in [5.41, 5.74) is 22.9. The monoisotopic (exact) mass is 886 g/mol. The molecule has 6 rings (SSSR count).